The number of allylic oxidation sites excluding steroid dienone is 5. The first-order valence-electron chi connectivity index (χ1n) is 21.7. The van der Waals surface area contributed by atoms with Gasteiger partial charge >= 0.3 is 0 Å². The van der Waals surface area contributed by atoms with Crippen LogP contribution in [0.15, 0.2) is 36.5 Å². The molecule has 0 saturated heterocycles. The average molecular weight is 688 g/mol. The second kappa shape index (κ2) is 41.0. The van der Waals surface area contributed by atoms with Gasteiger partial charge in [0.25, 0.3) is 0 Å². The minimum atomic E-state index is -0.864. The lowest BCUT2D eigenvalue weighted by Gasteiger charge is -2.19. The Morgan fingerprint density at radius 2 is 0.796 bits per heavy atom. The Morgan fingerprint density at radius 1 is 0.469 bits per heavy atom. The van der Waals surface area contributed by atoms with Gasteiger partial charge < -0.3 is 15.5 Å². The predicted molar refractivity (Wildman–Crippen MR) is 216 cm³/mol. The molecule has 49 heavy (non-hydrogen) atoms. The van der Waals surface area contributed by atoms with Gasteiger partial charge in [0.05, 0.1) is 18.8 Å². The van der Waals surface area contributed by atoms with Gasteiger partial charge in [-0.25, -0.2) is 0 Å². The molecule has 0 aliphatic carbocycles. The van der Waals surface area contributed by atoms with Gasteiger partial charge in [0.1, 0.15) is 0 Å². The van der Waals surface area contributed by atoms with Crippen molar-refractivity contribution < 1.29 is 15.0 Å². The Labute approximate surface area is 306 Å². The van der Waals surface area contributed by atoms with E-state index in [1.165, 1.54) is 161 Å². The first-order valence-corrected chi connectivity index (χ1v) is 21.7. The van der Waals surface area contributed by atoms with Crippen LogP contribution >= 0.6 is 0 Å². The average Bonchev–Trinajstić information content (AvgIpc) is 3.10. The molecule has 0 heterocycles. The number of carbonyl (C=O) groups is 1. The molecule has 0 rings (SSSR count). The number of aliphatic hydroxyl groups is 2. The van der Waals surface area contributed by atoms with Crippen LogP contribution < -0.4 is 5.32 Å². The number of hydrogen-bond donors (Lipinski definition) is 3. The summed E-state index contributed by atoms with van der Waals surface area (Å²) in [5, 5.41) is 23.0. The fourth-order valence-corrected chi connectivity index (χ4v) is 6.48. The van der Waals surface area contributed by atoms with Crippen molar-refractivity contribution in [3.63, 3.8) is 0 Å². The van der Waals surface area contributed by atoms with Gasteiger partial charge in [-0.3, -0.25) is 4.79 Å². The number of rotatable bonds is 39. The lowest BCUT2D eigenvalue weighted by Crippen LogP contribution is -2.45. The van der Waals surface area contributed by atoms with Crippen LogP contribution in [0.2, 0.25) is 0 Å². The van der Waals surface area contributed by atoms with Crippen molar-refractivity contribution in [3.05, 3.63) is 36.5 Å². The quantitative estimate of drug-likeness (QED) is 0.0445. The molecule has 2 unspecified atom stereocenters. The molecule has 288 valence electrons. The number of unbranched alkanes of at least 4 members (excludes halogenated alkanes) is 28. The predicted octanol–water partition coefficient (Wildman–Crippen LogP) is 13.4. The van der Waals surface area contributed by atoms with Crippen molar-refractivity contribution >= 4 is 5.91 Å². The third-order valence-electron chi connectivity index (χ3n) is 9.85. The molecular formula is C45H85NO3. The molecule has 4 nitrogen and oxygen atoms in total. The van der Waals surface area contributed by atoms with Gasteiger partial charge in [-0.1, -0.05) is 198 Å². The first kappa shape index (κ1) is 47.6. The number of amides is 1. The molecule has 0 aromatic carbocycles. The SMILES string of the molecule is CCCCCCCC/C=C\CCCCCCCC(=O)NC(CO)C(O)/C=C/CC/C=C/CCCCCCCCCCCCCCCCCC. The highest BCUT2D eigenvalue weighted by Gasteiger charge is 2.17. The van der Waals surface area contributed by atoms with E-state index in [0.29, 0.717) is 6.42 Å². The van der Waals surface area contributed by atoms with Gasteiger partial charge in [-0.15, -0.1) is 0 Å². The highest BCUT2D eigenvalue weighted by Crippen LogP contribution is 2.15. The molecule has 0 fully saturated rings. The maximum absolute atomic E-state index is 12.3. The van der Waals surface area contributed by atoms with Crippen LogP contribution in [-0.4, -0.2) is 34.9 Å². The maximum Gasteiger partial charge on any atom is 0.220 e. The number of aliphatic hydroxyl groups excluding tert-OH is 2. The molecule has 1 amide bonds. The van der Waals surface area contributed by atoms with Crippen molar-refractivity contribution in [1.29, 1.82) is 0 Å². The molecule has 0 aliphatic heterocycles. The highest BCUT2D eigenvalue weighted by molar-refractivity contribution is 5.76. The van der Waals surface area contributed by atoms with E-state index in [0.717, 1.165) is 44.9 Å². The lowest BCUT2D eigenvalue weighted by molar-refractivity contribution is -0.123. The highest BCUT2D eigenvalue weighted by atomic mass is 16.3. The van der Waals surface area contributed by atoms with Crippen molar-refractivity contribution in [2.24, 2.45) is 0 Å². The lowest BCUT2D eigenvalue weighted by atomic mass is 10.0. The van der Waals surface area contributed by atoms with Crippen molar-refractivity contribution in [3.8, 4) is 0 Å². The molecule has 0 bridgehead atoms. The van der Waals surface area contributed by atoms with Crippen molar-refractivity contribution in [2.75, 3.05) is 6.61 Å². The summed E-state index contributed by atoms with van der Waals surface area (Å²) in [7, 11) is 0. The largest absolute Gasteiger partial charge is 0.394 e. The zero-order chi connectivity index (χ0) is 35.7. The van der Waals surface area contributed by atoms with Crippen LogP contribution in [-0.2, 0) is 4.79 Å². The van der Waals surface area contributed by atoms with Crippen LogP contribution in [0.25, 0.3) is 0 Å². The van der Waals surface area contributed by atoms with Crippen molar-refractivity contribution in [2.45, 2.75) is 238 Å². The maximum atomic E-state index is 12.3. The normalized spacial score (nSPS) is 13.3. The summed E-state index contributed by atoms with van der Waals surface area (Å²) in [4.78, 5) is 12.3. The third-order valence-corrected chi connectivity index (χ3v) is 9.85. The first-order chi connectivity index (χ1) is 24.2. The summed E-state index contributed by atoms with van der Waals surface area (Å²) >= 11 is 0. The Kier molecular flexibility index (Phi) is 39.9. The smallest absolute Gasteiger partial charge is 0.220 e. The monoisotopic (exact) mass is 688 g/mol. The van der Waals surface area contributed by atoms with E-state index in [2.05, 4.69) is 43.5 Å². The van der Waals surface area contributed by atoms with Crippen molar-refractivity contribution in [1.82, 2.24) is 5.32 Å². The molecule has 0 radical (unpaired) electrons. The number of carbonyl (C=O) groups excluding carboxylic acids is 1. The summed E-state index contributed by atoms with van der Waals surface area (Å²) in [6, 6.07) is -0.641. The third kappa shape index (κ3) is 37.7. The number of hydrogen-bond acceptors (Lipinski definition) is 3. The van der Waals surface area contributed by atoms with E-state index in [1.807, 2.05) is 6.08 Å². The second-order valence-corrected chi connectivity index (χ2v) is 14.8. The summed E-state index contributed by atoms with van der Waals surface area (Å²) in [5.41, 5.74) is 0. The van der Waals surface area contributed by atoms with E-state index < -0.39 is 12.1 Å². The topological polar surface area (TPSA) is 69.6 Å². The Balaban J connectivity index is 3.61. The van der Waals surface area contributed by atoms with Crippen LogP contribution in [0.1, 0.15) is 226 Å². The standard InChI is InChI=1S/C45H85NO3/c1-3-5-7-9-11-13-15-17-19-20-21-22-23-24-25-27-28-30-32-34-36-38-40-44(48)43(42-47)46-45(49)41-39-37-35-33-31-29-26-18-16-14-12-10-8-6-4-2/h18,26,30,32,38,40,43-44,47-48H,3-17,19-25,27-29,31,33-37,39,41-42H2,1-2H3,(H,46,49)/b26-18-,32-30+,40-38+. The van der Waals surface area contributed by atoms with Gasteiger partial charge in [0, 0.05) is 6.42 Å². The second-order valence-electron chi connectivity index (χ2n) is 14.8. The number of nitrogens with one attached hydrogen (secondary N) is 1. The molecule has 0 aromatic heterocycles. The van der Waals surface area contributed by atoms with E-state index in [9.17, 15) is 15.0 Å². The van der Waals surface area contributed by atoms with Crippen LogP contribution in [0.5, 0.6) is 0 Å². The summed E-state index contributed by atoms with van der Waals surface area (Å²) in [6.07, 6.45) is 54.0. The fourth-order valence-electron chi connectivity index (χ4n) is 6.48. The molecule has 0 saturated carbocycles. The summed E-state index contributed by atoms with van der Waals surface area (Å²) in [6.45, 7) is 4.29. The Morgan fingerprint density at radius 3 is 1.18 bits per heavy atom. The zero-order valence-corrected chi connectivity index (χ0v) is 33.0. The molecule has 3 N–H and O–H groups in total. The molecule has 4 heteroatoms. The summed E-state index contributed by atoms with van der Waals surface area (Å²) in [5.74, 6) is -0.0823. The van der Waals surface area contributed by atoms with Gasteiger partial charge in [0.2, 0.25) is 5.91 Å². The Hall–Kier alpha value is -1.39. The van der Waals surface area contributed by atoms with Crippen LogP contribution in [0, 0.1) is 0 Å². The van der Waals surface area contributed by atoms with Gasteiger partial charge in [-0.05, 0) is 57.8 Å². The zero-order valence-electron chi connectivity index (χ0n) is 33.0. The molecule has 0 aliphatic rings. The molecule has 0 spiro atoms. The Bertz CT molecular complexity index is 746. The molecular weight excluding hydrogens is 602 g/mol. The fraction of sp³-hybridized carbons (Fsp3) is 0.844. The summed E-state index contributed by atoms with van der Waals surface area (Å²) < 4.78 is 0. The van der Waals surface area contributed by atoms with E-state index in [4.69, 9.17) is 0 Å². The van der Waals surface area contributed by atoms with E-state index in [-0.39, 0.29) is 12.5 Å². The molecule has 0 aromatic rings. The minimum absolute atomic E-state index is 0.0823. The van der Waals surface area contributed by atoms with Crippen LogP contribution in [0.3, 0.4) is 0 Å². The van der Waals surface area contributed by atoms with Gasteiger partial charge in [0.15, 0.2) is 0 Å². The van der Waals surface area contributed by atoms with E-state index >= 15 is 0 Å². The van der Waals surface area contributed by atoms with Crippen LogP contribution in [0.4, 0.5) is 0 Å². The van der Waals surface area contributed by atoms with E-state index in [1.54, 1.807) is 6.08 Å². The molecule has 2 atom stereocenters. The van der Waals surface area contributed by atoms with Gasteiger partial charge in [-0.2, -0.15) is 0 Å². The minimum Gasteiger partial charge on any atom is -0.394 e.